The zero-order chi connectivity index (χ0) is 17.1. The molecule has 0 amide bonds. The molecule has 0 saturated heterocycles. The summed E-state index contributed by atoms with van der Waals surface area (Å²) in [5.74, 6) is 0.953. The van der Waals surface area contributed by atoms with Gasteiger partial charge in [-0.1, -0.05) is 52.5 Å². The lowest BCUT2D eigenvalue weighted by Gasteiger charge is -2.12. The Hall–Kier alpha value is -0.580. The highest BCUT2D eigenvalue weighted by Crippen LogP contribution is 2.37. The molecule has 7 heteroatoms. The summed E-state index contributed by atoms with van der Waals surface area (Å²) in [6.07, 6.45) is 4.96. The molecule has 0 bridgehead atoms. The summed E-state index contributed by atoms with van der Waals surface area (Å²) in [5.41, 5.74) is 0. The molecule has 3 nitrogen and oxygen atoms in total. The predicted molar refractivity (Wildman–Crippen MR) is 97.5 cm³/mol. The average molecular weight is 400 g/mol. The van der Waals surface area contributed by atoms with Crippen LogP contribution >= 0.6 is 46.4 Å². The van der Waals surface area contributed by atoms with E-state index >= 15 is 0 Å². The molecule has 0 heterocycles. The molecule has 0 aromatic heterocycles. The van der Waals surface area contributed by atoms with Crippen molar-refractivity contribution < 1.29 is 14.2 Å². The lowest BCUT2D eigenvalue weighted by Crippen LogP contribution is -2.02. The van der Waals surface area contributed by atoms with E-state index in [0.29, 0.717) is 41.4 Å². The van der Waals surface area contributed by atoms with Crippen molar-refractivity contribution in [3.8, 4) is 11.5 Å². The highest BCUT2D eigenvalue weighted by molar-refractivity contribution is 6.55. The second kappa shape index (κ2) is 11.9. The zero-order valence-electron chi connectivity index (χ0n) is 12.5. The van der Waals surface area contributed by atoms with Crippen molar-refractivity contribution in [3.05, 3.63) is 45.4 Å². The molecule has 23 heavy (non-hydrogen) atoms. The van der Waals surface area contributed by atoms with Gasteiger partial charge in [0.2, 0.25) is 0 Å². The minimum Gasteiger partial charge on any atom is -0.490 e. The van der Waals surface area contributed by atoms with Gasteiger partial charge in [-0.2, -0.15) is 0 Å². The maximum absolute atomic E-state index is 6.16. The quantitative estimate of drug-likeness (QED) is 0.334. The van der Waals surface area contributed by atoms with Crippen LogP contribution in [-0.2, 0) is 4.74 Å². The fraction of sp³-hybridized carbons (Fsp3) is 0.375. The largest absolute Gasteiger partial charge is 0.490 e. The summed E-state index contributed by atoms with van der Waals surface area (Å²) in [5, 5.41) is 0.771. The van der Waals surface area contributed by atoms with Gasteiger partial charge in [0.15, 0.2) is 5.75 Å². The van der Waals surface area contributed by atoms with Crippen LogP contribution in [0.25, 0.3) is 0 Å². The number of halogens is 4. The van der Waals surface area contributed by atoms with Gasteiger partial charge in [-0.05, 0) is 18.9 Å². The molecule has 0 unspecified atom stereocenters. The Morgan fingerprint density at radius 3 is 2.26 bits per heavy atom. The van der Waals surface area contributed by atoms with E-state index in [2.05, 4.69) is 6.58 Å². The number of rotatable bonds is 11. The van der Waals surface area contributed by atoms with Crippen LogP contribution in [0.3, 0.4) is 0 Å². The van der Waals surface area contributed by atoms with Gasteiger partial charge in [0, 0.05) is 18.7 Å². The van der Waals surface area contributed by atoms with Crippen LogP contribution in [0.1, 0.15) is 12.8 Å². The third-order valence-corrected chi connectivity index (χ3v) is 3.49. The fourth-order valence-electron chi connectivity index (χ4n) is 1.61. The van der Waals surface area contributed by atoms with Crippen LogP contribution in [0.4, 0.5) is 0 Å². The number of hydrogen-bond donors (Lipinski definition) is 0. The molecule has 0 saturated carbocycles. The molecule has 0 radical (unpaired) electrons. The number of hydrogen-bond acceptors (Lipinski definition) is 3. The summed E-state index contributed by atoms with van der Waals surface area (Å²) < 4.78 is 16.5. The summed E-state index contributed by atoms with van der Waals surface area (Å²) in [4.78, 5) is 0. The molecule has 0 aliphatic rings. The van der Waals surface area contributed by atoms with Gasteiger partial charge in [0.25, 0.3) is 0 Å². The van der Waals surface area contributed by atoms with E-state index in [4.69, 9.17) is 60.6 Å². The van der Waals surface area contributed by atoms with Crippen molar-refractivity contribution in [2.45, 2.75) is 12.8 Å². The molecule has 0 N–H and O–H groups in total. The van der Waals surface area contributed by atoms with Gasteiger partial charge >= 0.3 is 0 Å². The SMILES string of the molecule is C=CCOCCCCOc1c(Cl)cc(OCC=C(Cl)Cl)cc1Cl. The molecule has 0 aliphatic carbocycles. The Kier molecular flexibility index (Phi) is 10.6. The third kappa shape index (κ3) is 8.73. The minimum absolute atomic E-state index is 0.138. The molecule has 0 fully saturated rings. The lowest BCUT2D eigenvalue weighted by atomic mass is 10.3. The van der Waals surface area contributed by atoms with Crippen LogP contribution in [-0.4, -0.2) is 26.4 Å². The molecule has 0 spiro atoms. The fourth-order valence-corrected chi connectivity index (χ4v) is 2.31. The summed E-state index contributed by atoms with van der Waals surface area (Å²) in [6, 6.07) is 3.26. The van der Waals surface area contributed by atoms with E-state index in [0.717, 1.165) is 12.8 Å². The number of unbranched alkanes of at least 4 members (excludes halogenated alkanes) is 1. The van der Waals surface area contributed by atoms with Crippen molar-refractivity contribution in [3.63, 3.8) is 0 Å². The molecular weight excluding hydrogens is 382 g/mol. The van der Waals surface area contributed by atoms with Gasteiger partial charge < -0.3 is 14.2 Å². The first-order valence-corrected chi connectivity index (χ1v) is 8.50. The molecule has 1 aromatic carbocycles. The summed E-state index contributed by atoms with van der Waals surface area (Å²) >= 11 is 23.3. The van der Waals surface area contributed by atoms with Crippen molar-refractivity contribution in [1.29, 1.82) is 0 Å². The van der Waals surface area contributed by atoms with Crippen molar-refractivity contribution in [2.24, 2.45) is 0 Å². The van der Waals surface area contributed by atoms with Gasteiger partial charge in [0.1, 0.15) is 16.8 Å². The maximum Gasteiger partial charge on any atom is 0.156 e. The summed E-state index contributed by atoms with van der Waals surface area (Å²) in [7, 11) is 0. The second-order valence-corrected chi connectivity index (χ2v) is 6.26. The van der Waals surface area contributed by atoms with Crippen molar-refractivity contribution in [2.75, 3.05) is 26.4 Å². The maximum atomic E-state index is 6.16. The molecule has 0 atom stereocenters. The molecule has 0 aliphatic heterocycles. The number of ether oxygens (including phenoxy) is 3. The van der Waals surface area contributed by atoms with Crippen LogP contribution in [0.15, 0.2) is 35.4 Å². The Labute approximate surface area is 156 Å². The first-order valence-electron chi connectivity index (χ1n) is 6.99. The van der Waals surface area contributed by atoms with Crippen LogP contribution in [0.5, 0.6) is 11.5 Å². The topological polar surface area (TPSA) is 27.7 Å². The molecular formula is C16H18Cl4O3. The Morgan fingerprint density at radius 2 is 1.65 bits per heavy atom. The summed E-state index contributed by atoms with van der Waals surface area (Å²) in [6.45, 7) is 5.53. The average Bonchev–Trinajstić information content (AvgIpc) is 2.48. The first kappa shape index (κ1) is 20.5. The normalized spacial score (nSPS) is 10.3. The van der Waals surface area contributed by atoms with Crippen LogP contribution < -0.4 is 9.47 Å². The molecule has 1 rings (SSSR count). The van der Waals surface area contributed by atoms with E-state index in [1.165, 1.54) is 6.08 Å². The van der Waals surface area contributed by atoms with Crippen LogP contribution in [0.2, 0.25) is 10.0 Å². The standard InChI is InChI=1S/C16H18Cl4O3/c1-2-6-21-7-3-4-8-23-16-13(17)10-12(11-14(16)18)22-9-5-15(19)20/h2,5,10-11H,1,3-4,6-9H2. The van der Waals surface area contributed by atoms with Gasteiger partial charge in [-0.15, -0.1) is 6.58 Å². The zero-order valence-corrected chi connectivity index (χ0v) is 15.5. The predicted octanol–water partition coefficient (Wildman–Crippen LogP) is 6.05. The van der Waals surface area contributed by atoms with Crippen molar-refractivity contribution in [1.82, 2.24) is 0 Å². The lowest BCUT2D eigenvalue weighted by molar-refractivity contribution is 0.152. The van der Waals surface area contributed by atoms with Gasteiger partial charge in [-0.3, -0.25) is 0 Å². The first-order chi connectivity index (χ1) is 11.0. The third-order valence-electron chi connectivity index (χ3n) is 2.62. The minimum atomic E-state index is 0.138. The Balaban J connectivity index is 2.44. The highest BCUT2D eigenvalue weighted by atomic mass is 35.5. The molecule has 1 aromatic rings. The number of benzene rings is 1. The highest BCUT2D eigenvalue weighted by Gasteiger charge is 2.10. The smallest absolute Gasteiger partial charge is 0.156 e. The van der Waals surface area contributed by atoms with E-state index in [1.807, 2.05) is 0 Å². The van der Waals surface area contributed by atoms with Gasteiger partial charge in [-0.25, -0.2) is 0 Å². The van der Waals surface area contributed by atoms with Crippen LogP contribution in [0, 0.1) is 0 Å². The Morgan fingerprint density at radius 1 is 1.00 bits per heavy atom. The monoisotopic (exact) mass is 398 g/mol. The second-order valence-electron chi connectivity index (χ2n) is 4.44. The van der Waals surface area contributed by atoms with E-state index in [1.54, 1.807) is 18.2 Å². The van der Waals surface area contributed by atoms with Gasteiger partial charge in [0.05, 0.1) is 23.3 Å². The van der Waals surface area contributed by atoms with Crippen molar-refractivity contribution >= 4 is 46.4 Å². The Bertz CT molecular complexity index is 505. The molecule has 128 valence electrons. The van der Waals surface area contributed by atoms with E-state index in [9.17, 15) is 0 Å². The van der Waals surface area contributed by atoms with E-state index < -0.39 is 0 Å². The van der Waals surface area contributed by atoms with E-state index in [-0.39, 0.29) is 11.1 Å².